The van der Waals surface area contributed by atoms with Crippen molar-refractivity contribution in [3.63, 3.8) is 0 Å². The first-order valence-electron chi connectivity index (χ1n) is 6.44. The van der Waals surface area contributed by atoms with E-state index in [1.54, 1.807) is 11.8 Å². The van der Waals surface area contributed by atoms with Crippen LogP contribution in [0.5, 0.6) is 5.75 Å². The fourth-order valence-corrected chi connectivity index (χ4v) is 3.28. The molecule has 0 aromatic heterocycles. The van der Waals surface area contributed by atoms with Crippen molar-refractivity contribution in [2.45, 2.75) is 18.4 Å². The van der Waals surface area contributed by atoms with Gasteiger partial charge in [-0.3, -0.25) is 4.79 Å². The van der Waals surface area contributed by atoms with Crippen LogP contribution in [0.3, 0.4) is 0 Å². The van der Waals surface area contributed by atoms with Gasteiger partial charge in [0.25, 0.3) is 0 Å². The molecule has 2 unspecified atom stereocenters. The summed E-state index contributed by atoms with van der Waals surface area (Å²) in [7, 11) is 0. The lowest BCUT2D eigenvalue weighted by atomic mass is 10.0. The van der Waals surface area contributed by atoms with Crippen molar-refractivity contribution in [3.8, 4) is 5.75 Å². The second kappa shape index (κ2) is 7.19. The molecule has 0 aliphatic carbocycles. The number of carboxylic acid groups (broad SMARTS) is 1. The Kier molecular flexibility index (Phi) is 5.29. The Bertz CT molecular complexity index is 480. The Labute approximate surface area is 121 Å². The number of hydrogen-bond acceptors (Lipinski definition) is 4. The van der Waals surface area contributed by atoms with E-state index in [0.717, 1.165) is 11.5 Å². The van der Waals surface area contributed by atoms with Gasteiger partial charge in [0.2, 0.25) is 6.41 Å². The molecule has 1 aromatic carbocycles. The number of nitrogens with one attached hydrogen (secondary N) is 1. The first kappa shape index (κ1) is 14.7. The molecule has 0 saturated heterocycles. The highest BCUT2D eigenvalue weighted by Gasteiger charge is 2.23. The third-order valence-electron chi connectivity index (χ3n) is 3.24. The van der Waals surface area contributed by atoms with Crippen LogP contribution in [0.15, 0.2) is 24.3 Å². The Morgan fingerprint density at radius 2 is 2.35 bits per heavy atom. The van der Waals surface area contributed by atoms with E-state index >= 15 is 0 Å². The third-order valence-corrected chi connectivity index (χ3v) is 4.40. The zero-order valence-electron chi connectivity index (χ0n) is 11.0. The van der Waals surface area contributed by atoms with Gasteiger partial charge in [-0.25, -0.2) is 4.79 Å². The lowest BCUT2D eigenvalue weighted by molar-refractivity contribution is -0.140. The summed E-state index contributed by atoms with van der Waals surface area (Å²) in [5, 5.41) is 11.2. The van der Waals surface area contributed by atoms with E-state index < -0.39 is 12.0 Å². The highest BCUT2D eigenvalue weighted by Crippen LogP contribution is 2.35. The zero-order valence-corrected chi connectivity index (χ0v) is 11.8. The second-order valence-corrected chi connectivity index (χ2v) is 5.73. The van der Waals surface area contributed by atoms with Crippen LogP contribution >= 0.6 is 11.8 Å². The molecule has 1 aliphatic heterocycles. The number of hydrogen-bond donors (Lipinski definition) is 2. The molecule has 20 heavy (non-hydrogen) atoms. The molecule has 0 bridgehead atoms. The highest BCUT2D eigenvalue weighted by molar-refractivity contribution is 7.99. The Morgan fingerprint density at radius 1 is 1.55 bits per heavy atom. The molecule has 108 valence electrons. The van der Waals surface area contributed by atoms with Crippen LogP contribution < -0.4 is 10.1 Å². The lowest BCUT2D eigenvalue weighted by Crippen LogP contribution is -2.36. The Balaban J connectivity index is 1.74. The number of carbonyl (C=O) groups is 2. The smallest absolute Gasteiger partial charge is 0.326 e. The van der Waals surface area contributed by atoms with E-state index in [-0.39, 0.29) is 0 Å². The molecular formula is C14H17NO4S. The molecule has 0 radical (unpaired) electrons. The summed E-state index contributed by atoms with van der Waals surface area (Å²) in [6, 6.07) is 7.19. The molecular weight excluding hydrogens is 278 g/mol. The van der Waals surface area contributed by atoms with Gasteiger partial charge in [-0.05, 0) is 18.2 Å². The van der Waals surface area contributed by atoms with Crippen molar-refractivity contribution in [1.29, 1.82) is 0 Å². The molecule has 0 spiro atoms. The van der Waals surface area contributed by atoms with Crippen LogP contribution in [0.1, 0.15) is 17.9 Å². The normalized spacial score (nSPS) is 17.9. The van der Waals surface area contributed by atoms with Gasteiger partial charge in [0.05, 0.1) is 6.61 Å². The van der Waals surface area contributed by atoms with Crippen molar-refractivity contribution in [1.82, 2.24) is 5.32 Å². The number of para-hydroxylation sites is 1. The van der Waals surface area contributed by atoms with Crippen LogP contribution in [-0.4, -0.2) is 41.6 Å². The summed E-state index contributed by atoms with van der Waals surface area (Å²) in [5.74, 6) is 1.90. The predicted octanol–water partition coefficient (Wildman–Crippen LogP) is 1.49. The summed E-state index contributed by atoms with van der Waals surface area (Å²) in [6.45, 7) is 0.682. The SMILES string of the molecule is O=CNC(CCSCC1COc2ccccc21)C(=O)O. The van der Waals surface area contributed by atoms with Gasteiger partial charge in [-0.2, -0.15) is 11.8 Å². The quantitative estimate of drug-likeness (QED) is 0.561. The summed E-state index contributed by atoms with van der Waals surface area (Å²) >= 11 is 1.69. The van der Waals surface area contributed by atoms with Crippen molar-refractivity contribution in [2.24, 2.45) is 0 Å². The molecule has 5 nitrogen and oxygen atoms in total. The van der Waals surface area contributed by atoms with E-state index in [1.165, 1.54) is 5.56 Å². The van der Waals surface area contributed by atoms with E-state index in [9.17, 15) is 9.59 Å². The molecule has 2 rings (SSSR count). The van der Waals surface area contributed by atoms with Crippen LogP contribution in [0.4, 0.5) is 0 Å². The fourth-order valence-electron chi connectivity index (χ4n) is 2.15. The molecule has 2 N–H and O–H groups in total. The van der Waals surface area contributed by atoms with Gasteiger partial charge in [0.1, 0.15) is 11.8 Å². The van der Waals surface area contributed by atoms with Crippen LogP contribution in [0.25, 0.3) is 0 Å². The van der Waals surface area contributed by atoms with Crippen LogP contribution in [0, 0.1) is 0 Å². The number of amides is 1. The Hall–Kier alpha value is -1.69. The fraction of sp³-hybridized carbons (Fsp3) is 0.429. The average molecular weight is 295 g/mol. The van der Waals surface area contributed by atoms with Gasteiger partial charge in [-0.1, -0.05) is 18.2 Å². The molecule has 1 aliphatic rings. The molecule has 1 heterocycles. The number of carboxylic acids is 1. The van der Waals surface area contributed by atoms with Crippen LogP contribution in [-0.2, 0) is 9.59 Å². The standard InChI is InChI=1S/C14H17NO4S/c16-9-15-12(14(17)18)5-6-20-8-10-7-19-13-4-2-1-3-11(10)13/h1-4,9-10,12H,5-8H2,(H,15,16)(H,17,18). The number of carbonyl (C=O) groups excluding carboxylic acids is 1. The minimum Gasteiger partial charge on any atom is -0.493 e. The van der Waals surface area contributed by atoms with E-state index in [0.29, 0.717) is 31.1 Å². The number of aliphatic carboxylic acids is 1. The molecule has 2 atom stereocenters. The van der Waals surface area contributed by atoms with Gasteiger partial charge < -0.3 is 15.2 Å². The maximum absolute atomic E-state index is 10.9. The van der Waals surface area contributed by atoms with Crippen molar-refractivity contribution in [2.75, 3.05) is 18.1 Å². The lowest BCUT2D eigenvalue weighted by Gasteiger charge is -2.12. The molecule has 6 heteroatoms. The van der Waals surface area contributed by atoms with Crippen molar-refractivity contribution in [3.05, 3.63) is 29.8 Å². The molecule has 0 fully saturated rings. The summed E-state index contributed by atoms with van der Waals surface area (Å²) < 4.78 is 5.60. The van der Waals surface area contributed by atoms with Crippen molar-refractivity contribution < 1.29 is 19.4 Å². The molecule has 1 aromatic rings. The topological polar surface area (TPSA) is 75.6 Å². The number of thioether (sulfide) groups is 1. The number of rotatable bonds is 8. The van der Waals surface area contributed by atoms with Crippen LogP contribution in [0.2, 0.25) is 0 Å². The zero-order chi connectivity index (χ0) is 14.4. The largest absolute Gasteiger partial charge is 0.493 e. The van der Waals surface area contributed by atoms with Crippen molar-refractivity contribution >= 4 is 24.1 Å². The molecule has 1 amide bonds. The van der Waals surface area contributed by atoms with E-state index in [4.69, 9.17) is 9.84 Å². The minimum atomic E-state index is -0.993. The van der Waals surface area contributed by atoms with Gasteiger partial charge in [0, 0.05) is 17.2 Å². The van der Waals surface area contributed by atoms with Gasteiger partial charge >= 0.3 is 5.97 Å². The highest BCUT2D eigenvalue weighted by atomic mass is 32.2. The Morgan fingerprint density at radius 3 is 3.10 bits per heavy atom. The minimum absolute atomic E-state index is 0.360. The summed E-state index contributed by atoms with van der Waals surface area (Å²) in [4.78, 5) is 21.2. The molecule has 0 saturated carbocycles. The maximum atomic E-state index is 10.9. The van der Waals surface area contributed by atoms with E-state index in [1.807, 2.05) is 18.2 Å². The third kappa shape index (κ3) is 3.66. The average Bonchev–Trinajstić information content (AvgIpc) is 2.85. The first-order chi connectivity index (χ1) is 9.72. The number of ether oxygens (including phenoxy) is 1. The number of benzene rings is 1. The van der Waals surface area contributed by atoms with Gasteiger partial charge in [-0.15, -0.1) is 0 Å². The van der Waals surface area contributed by atoms with E-state index in [2.05, 4.69) is 11.4 Å². The van der Waals surface area contributed by atoms with Gasteiger partial charge in [0.15, 0.2) is 0 Å². The predicted molar refractivity (Wildman–Crippen MR) is 77.2 cm³/mol. The number of fused-ring (bicyclic) bond motifs is 1. The monoisotopic (exact) mass is 295 g/mol. The maximum Gasteiger partial charge on any atom is 0.326 e. The second-order valence-electron chi connectivity index (χ2n) is 4.58. The summed E-state index contributed by atoms with van der Waals surface area (Å²) in [6.07, 6.45) is 0.860. The first-order valence-corrected chi connectivity index (χ1v) is 7.60. The summed E-state index contributed by atoms with van der Waals surface area (Å²) in [5.41, 5.74) is 1.22.